The number of H-pyrrole nitrogens is 1. The predicted molar refractivity (Wildman–Crippen MR) is 69.6 cm³/mol. The van der Waals surface area contributed by atoms with Crippen molar-refractivity contribution in [3.63, 3.8) is 0 Å². The highest BCUT2D eigenvalue weighted by atomic mass is 16.5. The van der Waals surface area contributed by atoms with Gasteiger partial charge in [-0.05, 0) is 25.1 Å². The lowest BCUT2D eigenvalue weighted by Gasteiger charge is -2.08. The van der Waals surface area contributed by atoms with Gasteiger partial charge in [0.15, 0.2) is 5.75 Å². The van der Waals surface area contributed by atoms with Gasteiger partial charge in [-0.1, -0.05) is 0 Å². The summed E-state index contributed by atoms with van der Waals surface area (Å²) in [4.78, 5) is 4.06. The van der Waals surface area contributed by atoms with Gasteiger partial charge in [0, 0.05) is 34.9 Å². The van der Waals surface area contributed by atoms with Gasteiger partial charge in [0.2, 0.25) is 5.88 Å². The van der Waals surface area contributed by atoms with E-state index in [1.807, 2.05) is 31.2 Å². The number of nitrogens with zero attached hydrogens (tertiary/aromatic N) is 2. The van der Waals surface area contributed by atoms with Crippen LogP contribution in [0.25, 0.3) is 10.8 Å². The maximum atomic E-state index is 6.08. The van der Waals surface area contributed by atoms with Gasteiger partial charge < -0.3 is 10.5 Å². The third-order valence-corrected chi connectivity index (χ3v) is 2.72. The topological polar surface area (TPSA) is 76.8 Å². The van der Waals surface area contributed by atoms with Gasteiger partial charge in [-0.15, -0.1) is 5.10 Å². The van der Waals surface area contributed by atoms with Gasteiger partial charge in [0.1, 0.15) is 0 Å². The molecule has 5 heteroatoms. The van der Waals surface area contributed by atoms with Crippen molar-refractivity contribution in [3.05, 3.63) is 42.4 Å². The van der Waals surface area contributed by atoms with E-state index in [0.29, 0.717) is 17.3 Å². The standard InChI is InChI=1S/C13H12N4O/c1-8-6-12(17-16-8)18-11-3-2-9-7-15-5-4-10(9)13(11)14/h2-7H,14H2,1H3,(H,16,17). The zero-order valence-electron chi connectivity index (χ0n) is 9.84. The minimum Gasteiger partial charge on any atom is -0.435 e. The average molecular weight is 240 g/mol. The first kappa shape index (κ1) is 10.6. The lowest BCUT2D eigenvalue weighted by atomic mass is 10.1. The number of hydrogen-bond donors (Lipinski definition) is 2. The lowest BCUT2D eigenvalue weighted by Crippen LogP contribution is -1.94. The summed E-state index contributed by atoms with van der Waals surface area (Å²) in [6, 6.07) is 7.43. The van der Waals surface area contributed by atoms with Crippen molar-refractivity contribution < 1.29 is 4.74 Å². The van der Waals surface area contributed by atoms with Gasteiger partial charge in [-0.2, -0.15) is 0 Å². The number of nitrogens with two attached hydrogens (primary N) is 1. The molecule has 0 fully saturated rings. The molecule has 0 saturated heterocycles. The number of fused-ring (bicyclic) bond motifs is 1. The van der Waals surface area contributed by atoms with Gasteiger partial charge in [-0.3, -0.25) is 10.1 Å². The molecule has 5 nitrogen and oxygen atoms in total. The van der Waals surface area contributed by atoms with Crippen molar-refractivity contribution in [2.24, 2.45) is 0 Å². The Balaban J connectivity index is 2.04. The summed E-state index contributed by atoms with van der Waals surface area (Å²) in [5.41, 5.74) is 7.61. The summed E-state index contributed by atoms with van der Waals surface area (Å²) in [7, 11) is 0. The molecular formula is C13H12N4O. The number of benzene rings is 1. The highest BCUT2D eigenvalue weighted by Gasteiger charge is 2.08. The van der Waals surface area contributed by atoms with E-state index in [1.54, 1.807) is 12.4 Å². The molecule has 90 valence electrons. The first-order valence-electron chi connectivity index (χ1n) is 5.56. The number of rotatable bonds is 2. The number of aromatic amines is 1. The van der Waals surface area contributed by atoms with E-state index >= 15 is 0 Å². The van der Waals surface area contributed by atoms with Gasteiger partial charge in [-0.25, -0.2) is 0 Å². The third-order valence-electron chi connectivity index (χ3n) is 2.72. The highest BCUT2D eigenvalue weighted by molar-refractivity contribution is 5.95. The van der Waals surface area contributed by atoms with Crippen molar-refractivity contribution in [3.8, 4) is 11.6 Å². The Kier molecular flexibility index (Phi) is 2.37. The Bertz CT molecular complexity index is 705. The normalized spacial score (nSPS) is 10.7. The van der Waals surface area contributed by atoms with E-state index in [-0.39, 0.29) is 0 Å². The number of hydrogen-bond acceptors (Lipinski definition) is 4. The minimum absolute atomic E-state index is 0.507. The van der Waals surface area contributed by atoms with Crippen molar-refractivity contribution in [2.45, 2.75) is 6.92 Å². The molecule has 0 amide bonds. The molecule has 0 spiro atoms. The number of nitrogens with one attached hydrogen (secondary N) is 1. The highest BCUT2D eigenvalue weighted by Crippen LogP contribution is 2.32. The zero-order chi connectivity index (χ0) is 12.5. The van der Waals surface area contributed by atoms with Crippen LogP contribution in [0.1, 0.15) is 5.69 Å². The van der Waals surface area contributed by atoms with Crippen molar-refractivity contribution >= 4 is 16.5 Å². The summed E-state index contributed by atoms with van der Waals surface area (Å²) >= 11 is 0. The Morgan fingerprint density at radius 1 is 1.28 bits per heavy atom. The summed E-state index contributed by atoms with van der Waals surface area (Å²) < 4.78 is 5.65. The van der Waals surface area contributed by atoms with Crippen LogP contribution >= 0.6 is 0 Å². The quantitative estimate of drug-likeness (QED) is 0.675. The molecule has 18 heavy (non-hydrogen) atoms. The van der Waals surface area contributed by atoms with E-state index in [1.165, 1.54) is 0 Å². The third kappa shape index (κ3) is 1.75. The Labute approximate surface area is 104 Å². The van der Waals surface area contributed by atoms with Crippen LogP contribution in [0, 0.1) is 6.92 Å². The Morgan fingerprint density at radius 2 is 2.17 bits per heavy atom. The largest absolute Gasteiger partial charge is 0.435 e. The fourth-order valence-electron chi connectivity index (χ4n) is 1.82. The van der Waals surface area contributed by atoms with E-state index in [4.69, 9.17) is 10.5 Å². The number of aryl methyl sites for hydroxylation is 1. The molecule has 0 aliphatic heterocycles. The predicted octanol–water partition coefficient (Wildman–Crippen LogP) is 2.64. The van der Waals surface area contributed by atoms with Crippen LogP contribution in [0.3, 0.4) is 0 Å². The molecule has 0 atom stereocenters. The monoisotopic (exact) mass is 240 g/mol. The summed E-state index contributed by atoms with van der Waals surface area (Å²) in [5.74, 6) is 1.10. The van der Waals surface area contributed by atoms with Crippen molar-refractivity contribution in [2.75, 3.05) is 5.73 Å². The van der Waals surface area contributed by atoms with Crippen LogP contribution in [0.5, 0.6) is 11.6 Å². The molecule has 0 aliphatic rings. The van der Waals surface area contributed by atoms with E-state index in [2.05, 4.69) is 15.2 Å². The second-order valence-electron chi connectivity index (χ2n) is 4.07. The number of pyridine rings is 1. The first-order chi connectivity index (χ1) is 8.74. The molecule has 3 rings (SSSR count). The maximum Gasteiger partial charge on any atom is 0.238 e. The first-order valence-corrected chi connectivity index (χ1v) is 5.56. The molecule has 1 aromatic carbocycles. The SMILES string of the molecule is Cc1cc(Oc2ccc3cnccc3c2N)n[nH]1. The lowest BCUT2D eigenvalue weighted by molar-refractivity contribution is 0.464. The van der Waals surface area contributed by atoms with E-state index < -0.39 is 0 Å². The maximum absolute atomic E-state index is 6.08. The zero-order valence-corrected chi connectivity index (χ0v) is 9.84. The second-order valence-corrected chi connectivity index (χ2v) is 4.07. The van der Waals surface area contributed by atoms with Crippen LogP contribution in [-0.4, -0.2) is 15.2 Å². The smallest absolute Gasteiger partial charge is 0.238 e. The molecule has 2 heterocycles. The van der Waals surface area contributed by atoms with Gasteiger partial charge in [0.25, 0.3) is 0 Å². The van der Waals surface area contributed by atoms with Gasteiger partial charge in [0.05, 0.1) is 5.69 Å². The molecule has 0 aliphatic carbocycles. The molecule has 3 aromatic rings. The fraction of sp³-hybridized carbons (Fsp3) is 0.0769. The number of nitrogen functional groups attached to an aromatic ring is 1. The number of ether oxygens (including phenoxy) is 1. The fourth-order valence-corrected chi connectivity index (χ4v) is 1.82. The summed E-state index contributed by atoms with van der Waals surface area (Å²) in [6.45, 7) is 1.91. The Morgan fingerprint density at radius 3 is 2.94 bits per heavy atom. The molecule has 0 unspecified atom stereocenters. The minimum atomic E-state index is 0.507. The molecule has 3 N–H and O–H groups in total. The van der Waals surface area contributed by atoms with Crippen molar-refractivity contribution in [1.82, 2.24) is 15.2 Å². The molecule has 2 aromatic heterocycles. The van der Waals surface area contributed by atoms with Crippen LogP contribution < -0.4 is 10.5 Å². The van der Waals surface area contributed by atoms with E-state index in [0.717, 1.165) is 16.5 Å². The molecular weight excluding hydrogens is 228 g/mol. The summed E-state index contributed by atoms with van der Waals surface area (Å²) in [6.07, 6.45) is 3.48. The number of anilines is 1. The van der Waals surface area contributed by atoms with Crippen LogP contribution in [0.2, 0.25) is 0 Å². The van der Waals surface area contributed by atoms with Crippen LogP contribution in [-0.2, 0) is 0 Å². The van der Waals surface area contributed by atoms with Crippen LogP contribution in [0.15, 0.2) is 36.7 Å². The Hall–Kier alpha value is -2.56. The molecule has 0 radical (unpaired) electrons. The van der Waals surface area contributed by atoms with Crippen molar-refractivity contribution in [1.29, 1.82) is 0 Å². The molecule has 0 saturated carbocycles. The average Bonchev–Trinajstić information content (AvgIpc) is 2.79. The summed E-state index contributed by atoms with van der Waals surface area (Å²) in [5, 5.41) is 8.75. The van der Waals surface area contributed by atoms with Gasteiger partial charge >= 0.3 is 0 Å². The second kappa shape index (κ2) is 4.03. The molecule has 0 bridgehead atoms. The number of aromatic nitrogens is 3. The van der Waals surface area contributed by atoms with E-state index in [9.17, 15) is 0 Å². The van der Waals surface area contributed by atoms with Crippen LogP contribution in [0.4, 0.5) is 5.69 Å².